The van der Waals surface area contributed by atoms with Crippen molar-refractivity contribution in [1.82, 2.24) is 14.5 Å². The maximum atomic E-state index is 12.8. The van der Waals surface area contributed by atoms with E-state index in [9.17, 15) is 14.3 Å². The lowest BCUT2D eigenvalue weighted by Gasteiger charge is -2.29. The molecule has 1 aromatic heterocycles. The molecule has 0 unspecified atom stereocenters. The molecule has 6 nitrogen and oxygen atoms in total. The summed E-state index contributed by atoms with van der Waals surface area (Å²) in [5, 5.41) is 10.5. The quantitative estimate of drug-likeness (QED) is 0.903. The first-order chi connectivity index (χ1) is 11.6. The van der Waals surface area contributed by atoms with Gasteiger partial charge in [0.2, 0.25) is 0 Å². The van der Waals surface area contributed by atoms with Crippen molar-refractivity contribution in [2.45, 2.75) is 31.0 Å². The third-order valence-corrected chi connectivity index (χ3v) is 4.52. The van der Waals surface area contributed by atoms with E-state index in [1.54, 1.807) is 19.6 Å². The van der Waals surface area contributed by atoms with E-state index in [4.69, 9.17) is 4.74 Å². The van der Waals surface area contributed by atoms with Crippen LogP contribution in [0.4, 0.5) is 4.39 Å². The largest absolute Gasteiger partial charge is 0.484 e. The standard InChI is InChI=1S/C17H20FN3O3/c1-20(16(22)10-24-13-4-2-12(18)3-5-13)14-6-7-15(17(14)23)21-9-8-19-11-21/h2-5,8-9,11,14-15,17,23H,6-7,10H2,1H3/t14-,15-,17-/m1/s1. The molecule has 0 spiro atoms. The van der Waals surface area contributed by atoms with Gasteiger partial charge in [0, 0.05) is 19.4 Å². The number of aliphatic hydroxyl groups excluding tert-OH is 1. The highest BCUT2D eigenvalue weighted by molar-refractivity contribution is 5.78. The van der Waals surface area contributed by atoms with Crippen molar-refractivity contribution >= 4 is 5.91 Å². The number of hydrogen-bond acceptors (Lipinski definition) is 4. The van der Waals surface area contributed by atoms with Crippen LogP contribution in [-0.4, -0.2) is 51.3 Å². The average molecular weight is 333 g/mol. The van der Waals surface area contributed by atoms with E-state index in [0.717, 1.165) is 6.42 Å². The van der Waals surface area contributed by atoms with Crippen LogP contribution in [0.15, 0.2) is 43.0 Å². The minimum absolute atomic E-state index is 0.0780. The van der Waals surface area contributed by atoms with Crippen molar-refractivity contribution in [2.75, 3.05) is 13.7 Å². The van der Waals surface area contributed by atoms with Crippen LogP contribution in [-0.2, 0) is 4.79 Å². The number of rotatable bonds is 5. The number of amides is 1. The van der Waals surface area contributed by atoms with E-state index in [1.807, 2.05) is 10.8 Å². The predicted molar refractivity (Wildman–Crippen MR) is 85.0 cm³/mol. The molecule has 1 amide bonds. The van der Waals surface area contributed by atoms with Gasteiger partial charge < -0.3 is 19.3 Å². The zero-order valence-corrected chi connectivity index (χ0v) is 13.4. The van der Waals surface area contributed by atoms with Gasteiger partial charge in [0.05, 0.1) is 24.5 Å². The molecule has 128 valence electrons. The van der Waals surface area contributed by atoms with Crippen molar-refractivity contribution in [3.05, 3.63) is 48.8 Å². The molecule has 1 aliphatic rings. The van der Waals surface area contributed by atoms with Gasteiger partial charge in [-0.3, -0.25) is 4.79 Å². The number of carbonyl (C=O) groups excluding carboxylic acids is 1. The average Bonchev–Trinajstić information content (AvgIpc) is 3.22. The van der Waals surface area contributed by atoms with E-state index >= 15 is 0 Å². The maximum absolute atomic E-state index is 12.8. The fraction of sp³-hybridized carbons (Fsp3) is 0.412. The van der Waals surface area contributed by atoms with E-state index in [2.05, 4.69) is 4.98 Å². The molecule has 1 aliphatic carbocycles. The van der Waals surface area contributed by atoms with Crippen molar-refractivity contribution in [2.24, 2.45) is 0 Å². The normalized spacial score (nSPS) is 23.2. The van der Waals surface area contributed by atoms with Gasteiger partial charge in [-0.2, -0.15) is 0 Å². The molecule has 3 atom stereocenters. The number of hydrogen-bond donors (Lipinski definition) is 1. The number of nitrogens with zero attached hydrogens (tertiary/aromatic N) is 3. The Morgan fingerprint density at radius 1 is 1.42 bits per heavy atom. The molecule has 2 aromatic rings. The Morgan fingerprint density at radius 2 is 2.17 bits per heavy atom. The maximum Gasteiger partial charge on any atom is 0.260 e. The Morgan fingerprint density at radius 3 is 2.83 bits per heavy atom. The molecule has 0 radical (unpaired) electrons. The Labute approximate surface area is 139 Å². The van der Waals surface area contributed by atoms with Gasteiger partial charge >= 0.3 is 0 Å². The first-order valence-electron chi connectivity index (χ1n) is 7.86. The fourth-order valence-corrected chi connectivity index (χ4v) is 3.12. The summed E-state index contributed by atoms with van der Waals surface area (Å²) in [6.45, 7) is -0.152. The molecule has 0 aliphatic heterocycles. The van der Waals surface area contributed by atoms with Crippen LogP contribution in [0.2, 0.25) is 0 Å². The van der Waals surface area contributed by atoms with Crippen LogP contribution in [0.1, 0.15) is 18.9 Å². The molecule has 0 bridgehead atoms. The van der Waals surface area contributed by atoms with Crippen LogP contribution in [0.3, 0.4) is 0 Å². The van der Waals surface area contributed by atoms with Gasteiger partial charge in [-0.15, -0.1) is 0 Å². The summed E-state index contributed by atoms with van der Waals surface area (Å²) in [6.07, 6.45) is 6.00. The van der Waals surface area contributed by atoms with Crippen LogP contribution in [0, 0.1) is 5.82 Å². The minimum Gasteiger partial charge on any atom is -0.484 e. The van der Waals surface area contributed by atoms with E-state index in [-0.39, 0.29) is 30.4 Å². The lowest BCUT2D eigenvalue weighted by molar-refractivity contribution is -0.136. The Kier molecular flexibility index (Phi) is 4.80. The Hall–Kier alpha value is -2.41. The van der Waals surface area contributed by atoms with Gasteiger partial charge in [0.15, 0.2) is 6.61 Å². The second kappa shape index (κ2) is 7.00. The molecule has 1 heterocycles. The Bertz CT molecular complexity index is 675. The zero-order valence-electron chi connectivity index (χ0n) is 13.4. The number of aliphatic hydroxyl groups is 1. The number of aromatic nitrogens is 2. The highest BCUT2D eigenvalue weighted by atomic mass is 19.1. The summed E-state index contributed by atoms with van der Waals surface area (Å²) in [6, 6.07) is 5.16. The van der Waals surface area contributed by atoms with Crippen molar-refractivity contribution < 1.29 is 19.0 Å². The van der Waals surface area contributed by atoms with Crippen LogP contribution >= 0.6 is 0 Å². The number of ether oxygens (including phenoxy) is 1. The molecular weight excluding hydrogens is 313 g/mol. The fourth-order valence-electron chi connectivity index (χ4n) is 3.12. The lowest BCUT2D eigenvalue weighted by atomic mass is 10.1. The molecule has 7 heteroatoms. The first-order valence-corrected chi connectivity index (χ1v) is 7.86. The summed E-state index contributed by atoms with van der Waals surface area (Å²) in [5.74, 6) is -0.151. The van der Waals surface area contributed by atoms with E-state index in [1.165, 1.54) is 29.2 Å². The first kappa shape index (κ1) is 16.4. The molecule has 1 N–H and O–H groups in total. The molecule has 3 rings (SSSR count). The second-order valence-corrected chi connectivity index (χ2v) is 5.96. The van der Waals surface area contributed by atoms with Crippen molar-refractivity contribution in [1.29, 1.82) is 0 Å². The topological polar surface area (TPSA) is 67.6 Å². The number of halogens is 1. The molecular formula is C17H20FN3O3. The van der Waals surface area contributed by atoms with Gasteiger partial charge in [0.25, 0.3) is 5.91 Å². The molecule has 0 saturated heterocycles. The third kappa shape index (κ3) is 3.41. The van der Waals surface area contributed by atoms with Crippen LogP contribution < -0.4 is 4.74 Å². The molecule has 1 saturated carbocycles. The molecule has 1 fully saturated rings. The summed E-state index contributed by atoms with van der Waals surface area (Å²) in [7, 11) is 1.67. The highest BCUT2D eigenvalue weighted by Gasteiger charge is 2.39. The number of benzene rings is 1. The molecule has 24 heavy (non-hydrogen) atoms. The number of carbonyl (C=O) groups is 1. The number of imidazole rings is 1. The van der Waals surface area contributed by atoms with Crippen molar-refractivity contribution in [3.63, 3.8) is 0 Å². The summed E-state index contributed by atoms with van der Waals surface area (Å²) in [5.41, 5.74) is 0. The van der Waals surface area contributed by atoms with Crippen molar-refractivity contribution in [3.8, 4) is 5.75 Å². The zero-order chi connectivity index (χ0) is 17.1. The minimum atomic E-state index is -0.654. The smallest absolute Gasteiger partial charge is 0.260 e. The van der Waals surface area contributed by atoms with Gasteiger partial charge in [0.1, 0.15) is 11.6 Å². The third-order valence-electron chi connectivity index (χ3n) is 4.52. The van der Waals surface area contributed by atoms with E-state index < -0.39 is 6.10 Å². The monoisotopic (exact) mass is 333 g/mol. The summed E-state index contributed by atoms with van der Waals surface area (Å²) in [4.78, 5) is 17.8. The summed E-state index contributed by atoms with van der Waals surface area (Å²) < 4.78 is 20.1. The highest BCUT2D eigenvalue weighted by Crippen LogP contribution is 2.33. The van der Waals surface area contributed by atoms with Crippen LogP contribution in [0.25, 0.3) is 0 Å². The SMILES string of the molecule is CN(C(=O)COc1ccc(F)cc1)[C@@H]1CC[C@@H](n2ccnc2)[C@@H]1O. The van der Waals surface area contributed by atoms with Crippen LogP contribution in [0.5, 0.6) is 5.75 Å². The summed E-state index contributed by atoms with van der Waals surface area (Å²) >= 11 is 0. The van der Waals surface area contributed by atoms with Gasteiger partial charge in [-0.05, 0) is 37.1 Å². The van der Waals surface area contributed by atoms with Gasteiger partial charge in [-0.1, -0.05) is 0 Å². The number of likely N-dealkylation sites (N-methyl/N-ethyl adjacent to an activating group) is 1. The van der Waals surface area contributed by atoms with Gasteiger partial charge in [-0.25, -0.2) is 9.37 Å². The second-order valence-electron chi connectivity index (χ2n) is 5.96. The predicted octanol–water partition coefficient (Wildman–Crippen LogP) is 1.62. The molecule has 1 aromatic carbocycles. The van der Waals surface area contributed by atoms with E-state index in [0.29, 0.717) is 12.2 Å². The Balaban J connectivity index is 1.56. The lowest BCUT2D eigenvalue weighted by Crippen LogP contribution is -2.45.